The molecule has 10 heteroatoms. The summed E-state index contributed by atoms with van der Waals surface area (Å²) in [6, 6.07) is 16.1. The van der Waals surface area contributed by atoms with Crippen LogP contribution in [0.4, 0.5) is 0 Å². The maximum absolute atomic E-state index is 12.8. The second kappa shape index (κ2) is 12.7. The zero-order chi connectivity index (χ0) is 31.7. The van der Waals surface area contributed by atoms with E-state index in [-0.39, 0.29) is 48.7 Å². The Bertz CT molecular complexity index is 1670. The summed E-state index contributed by atoms with van der Waals surface area (Å²) in [7, 11) is 0. The van der Waals surface area contributed by atoms with Gasteiger partial charge >= 0.3 is 0 Å². The molecule has 2 saturated heterocycles. The molecule has 6 rings (SSSR count). The van der Waals surface area contributed by atoms with Gasteiger partial charge in [0.1, 0.15) is 24.2 Å². The summed E-state index contributed by atoms with van der Waals surface area (Å²) in [5.41, 5.74) is 5.97. The van der Waals surface area contributed by atoms with Gasteiger partial charge in [0.15, 0.2) is 0 Å². The lowest BCUT2D eigenvalue weighted by Gasteiger charge is -2.33. The third-order valence-corrected chi connectivity index (χ3v) is 8.51. The molecule has 0 spiro atoms. The van der Waals surface area contributed by atoms with E-state index in [1.165, 1.54) is 0 Å². The van der Waals surface area contributed by atoms with Crippen LogP contribution in [0.5, 0.6) is 0 Å². The van der Waals surface area contributed by atoms with Gasteiger partial charge in [-0.05, 0) is 46.9 Å². The van der Waals surface area contributed by atoms with E-state index in [9.17, 15) is 14.4 Å². The fourth-order valence-electron chi connectivity index (χ4n) is 6.12. The van der Waals surface area contributed by atoms with Crippen molar-refractivity contribution in [1.29, 1.82) is 0 Å². The van der Waals surface area contributed by atoms with Crippen molar-refractivity contribution in [2.45, 2.75) is 59.2 Å². The Morgan fingerprint density at radius 1 is 0.889 bits per heavy atom. The number of carbonyl (C=O) groups is 3. The lowest BCUT2D eigenvalue weighted by atomic mass is 10.0. The van der Waals surface area contributed by atoms with Gasteiger partial charge in [-0.25, -0.2) is 9.97 Å². The van der Waals surface area contributed by atoms with Gasteiger partial charge in [0.25, 0.3) is 0 Å². The van der Waals surface area contributed by atoms with E-state index in [0.717, 1.165) is 58.9 Å². The Morgan fingerprint density at radius 3 is 2.11 bits per heavy atom. The maximum Gasteiger partial charge on any atom is 0.246 e. The highest BCUT2D eigenvalue weighted by atomic mass is 16.2. The van der Waals surface area contributed by atoms with Crippen LogP contribution in [0.15, 0.2) is 60.9 Å². The first-order chi connectivity index (χ1) is 21.7. The van der Waals surface area contributed by atoms with Gasteiger partial charge in [-0.3, -0.25) is 14.4 Å². The van der Waals surface area contributed by atoms with Crippen molar-refractivity contribution in [3.63, 3.8) is 0 Å². The molecule has 233 valence electrons. The lowest BCUT2D eigenvalue weighted by Crippen LogP contribution is -2.59. The van der Waals surface area contributed by atoms with E-state index in [4.69, 9.17) is 0 Å². The molecule has 0 saturated carbocycles. The van der Waals surface area contributed by atoms with Crippen LogP contribution in [-0.4, -0.2) is 66.6 Å². The fraction of sp³-hybridized carbons (Fsp3) is 0.371. The second-order valence-electron chi connectivity index (χ2n) is 12.7. The summed E-state index contributed by atoms with van der Waals surface area (Å²) in [6.07, 6.45) is 7.28. The molecule has 2 fully saturated rings. The Labute approximate surface area is 263 Å². The molecule has 2 aliphatic rings. The number of imidazole rings is 2. The van der Waals surface area contributed by atoms with Crippen molar-refractivity contribution < 1.29 is 14.4 Å². The van der Waals surface area contributed by atoms with Crippen LogP contribution in [0.2, 0.25) is 0 Å². The predicted molar refractivity (Wildman–Crippen MR) is 172 cm³/mol. The number of aromatic nitrogens is 4. The van der Waals surface area contributed by atoms with E-state index in [1.54, 1.807) is 17.5 Å². The van der Waals surface area contributed by atoms with E-state index in [2.05, 4.69) is 61.7 Å². The summed E-state index contributed by atoms with van der Waals surface area (Å²) in [6.45, 7) is 8.94. The molecule has 2 aromatic heterocycles. The molecular formula is C35H40N7O3. The second-order valence-corrected chi connectivity index (χ2v) is 12.7. The number of benzene rings is 2. The van der Waals surface area contributed by atoms with Gasteiger partial charge < -0.3 is 25.1 Å². The van der Waals surface area contributed by atoms with Crippen molar-refractivity contribution in [2.75, 3.05) is 13.1 Å². The van der Waals surface area contributed by atoms with Crippen LogP contribution in [0.1, 0.15) is 58.2 Å². The third-order valence-electron chi connectivity index (χ3n) is 8.51. The van der Waals surface area contributed by atoms with Crippen molar-refractivity contribution >= 4 is 17.7 Å². The number of rotatable bonds is 9. The number of piperazine rings is 1. The van der Waals surface area contributed by atoms with Crippen LogP contribution in [0, 0.1) is 18.3 Å². The molecule has 3 N–H and O–H groups in total. The Hall–Kier alpha value is -4.73. The van der Waals surface area contributed by atoms with E-state index >= 15 is 0 Å². The molecule has 3 amide bonds. The van der Waals surface area contributed by atoms with E-state index < -0.39 is 6.04 Å². The number of likely N-dealkylation sites (tertiary alicyclic amines) is 1. The average molecular weight is 607 g/mol. The highest BCUT2D eigenvalue weighted by Gasteiger charge is 2.35. The minimum atomic E-state index is -0.507. The molecule has 10 nitrogen and oxygen atoms in total. The smallest absolute Gasteiger partial charge is 0.246 e. The summed E-state index contributed by atoms with van der Waals surface area (Å²) >= 11 is 0. The molecule has 2 atom stereocenters. The minimum absolute atomic E-state index is 0.0174. The molecule has 1 radical (unpaired) electrons. The molecule has 0 aliphatic carbocycles. The molecule has 2 unspecified atom stereocenters. The quantitative estimate of drug-likeness (QED) is 0.243. The number of nitrogens with one attached hydrogen (secondary N) is 3. The largest absolute Gasteiger partial charge is 0.343 e. The number of nitrogens with zero attached hydrogens (tertiary/aromatic N) is 4. The zero-order valence-corrected chi connectivity index (χ0v) is 26.2. The van der Waals surface area contributed by atoms with Crippen LogP contribution >= 0.6 is 0 Å². The van der Waals surface area contributed by atoms with Crippen LogP contribution in [0.25, 0.3) is 33.6 Å². The van der Waals surface area contributed by atoms with Crippen LogP contribution in [-0.2, 0) is 20.9 Å². The average Bonchev–Trinajstić information content (AvgIpc) is 3.80. The molecule has 4 heterocycles. The Morgan fingerprint density at radius 2 is 1.49 bits per heavy atom. The zero-order valence-electron chi connectivity index (χ0n) is 26.2. The number of hydrogen-bond donors (Lipinski definition) is 3. The predicted octanol–water partition coefficient (Wildman–Crippen LogP) is 5.14. The van der Waals surface area contributed by atoms with Crippen molar-refractivity contribution in [1.82, 2.24) is 35.1 Å². The van der Waals surface area contributed by atoms with Gasteiger partial charge in [-0.2, -0.15) is 0 Å². The minimum Gasteiger partial charge on any atom is -0.343 e. The third kappa shape index (κ3) is 6.55. The SMILES string of the molecule is CC(C)[CH]C(=O)N1CCCC1c1ncc(-c2ccc(-c3ccc(-c4cnc(CN5CC(=O)NC(C(C)C)C5=O)[nH]4)cc3)cc2)[nH]1. The molecule has 4 aromatic rings. The summed E-state index contributed by atoms with van der Waals surface area (Å²) in [5, 5.41) is 2.79. The topological polar surface area (TPSA) is 127 Å². The Kier molecular flexibility index (Phi) is 8.56. The number of carbonyl (C=O) groups excluding carboxylic acids is 3. The van der Waals surface area contributed by atoms with E-state index in [1.807, 2.05) is 50.9 Å². The van der Waals surface area contributed by atoms with Crippen LogP contribution < -0.4 is 5.32 Å². The standard InChI is InChI=1S/C35H40N7O3/c1-21(2)16-32(44)42-15-5-6-29(42)34-37-18-28(39-34)26-13-9-24(10-14-26)23-7-11-25(12-8-23)27-17-36-30(38-27)19-41-20-31(43)40-33(22(3)4)35(41)45/h7-14,16-18,21-22,29,33H,5-6,15,19-20H2,1-4H3,(H,36,38)(H,37,39)(H,40,43). The highest BCUT2D eigenvalue weighted by Crippen LogP contribution is 2.33. The normalized spacial score (nSPS) is 18.7. The monoisotopic (exact) mass is 606 g/mol. The molecule has 2 aromatic carbocycles. The first-order valence-corrected chi connectivity index (χ1v) is 15.7. The van der Waals surface area contributed by atoms with Crippen molar-refractivity contribution in [3.8, 4) is 33.6 Å². The molecule has 2 aliphatic heterocycles. The van der Waals surface area contributed by atoms with E-state index in [0.29, 0.717) is 5.82 Å². The number of hydrogen-bond acceptors (Lipinski definition) is 5. The van der Waals surface area contributed by atoms with Gasteiger partial charge in [0.2, 0.25) is 17.7 Å². The number of aromatic amines is 2. The van der Waals surface area contributed by atoms with Crippen molar-refractivity contribution in [2.24, 2.45) is 11.8 Å². The summed E-state index contributed by atoms with van der Waals surface area (Å²) in [4.78, 5) is 57.1. The lowest BCUT2D eigenvalue weighted by molar-refractivity contribution is -0.146. The fourth-order valence-corrected chi connectivity index (χ4v) is 6.12. The van der Waals surface area contributed by atoms with Gasteiger partial charge in [0.05, 0.1) is 42.8 Å². The maximum atomic E-state index is 12.8. The van der Waals surface area contributed by atoms with Gasteiger partial charge in [-0.15, -0.1) is 0 Å². The summed E-state index contributed by atoms with van der Waals surface area (Å²) in [5.74, 6) is 1.55. The number of amides is 3. The molecular weight excluding hydrogens is 566 g/mol. The Balaban J connectivity index is 1.10. The highest BCUT2D eigenvalue weighted by molar-refractivity contribution is 5.95. The number of H-pyrrole nitrogens is 2. The molecule has 45 heavy (non-hydrogen) atoms. The van der Waals surface area contributed by atoms with Gasteiger partial charge in [0, 0.05) is 6.54 Å². The molecule has 0 bridgehead atoms. The first-order valence-electron chi connectivity index (χ1n) is 15.7. The van der Waals surface area contributed by atoms with Crippen LogP contribution in [0.3, 0.4) is 0 Å². The summed E-state index contributed by atoms with van der Waals surface area (Å²) < 4.78 is 0. The van der Waals surface area contributed by atoms with Gasteiger partial charge in [-0.1, -0.05) is 76.2 Å². The first kappa shape index (κ1) is 30.3. The van der Waals surface area contributed by atoms with Crippen molar-refractivity contribution in [3.05, 3.63) is 79.0 Å².